The summed E-state index contributed by atoms with van der Waals surface area (Å²) in [4.78, 5) is 0. The van der Waals surface area contributed by atoms with E-state index in [1.807, 2.05) is 6.92 Å². The highest BCUT2D eigenvalue weighted by Crippen LogP contribution is 2.34. The van der Waals surface area contributed by atoms with Crippen LogP contribution in [0.5, 0.6) is 0 Å². The molecule has 18 heteroatoms. The summed E-state index contributed by atoms with van der Waals surface area (Å²) < 4.78 is 45.3. The molecule has 45 heavy (non-hydrogen) atoms. The lowest BCUT2D eigenvalue weighted by atomic mass is 9.96. The predicted octanol–water partition coefficient (Wildman–Crippen LogP) is -5.23. The van der Waals surface area contributed by atoms with Gasteiger partial charge in [0.25, 0.3) is 0 Å². The van der Waals surface area contributed by atoms with Crippen LogP contribution in [0.1, 0.15) is 34.1 Å². The Morgan fingerprint density at radius 2 is 0.933 bits per heavy atom. The van der Waals surface area contributed by atoms with E-state index in [0.29, 0.717) is 6.42 Å². The normalized spacial score (nSPS) is 52.9. The fraction of sp³-hybridized carbons (Fsp3) is 1.00. The first-order valence-corrected chi connectivity index (χ1v) is 15.1. The highest BCUT2D eigenvalue weighted by atomic mass is 16.8. The van der Waals surface area contributed by atoms with Crippen LogP contribution in [0, 0.1) is 0 Å². The number of aliphatic hydroxyl groups is 10. The maximum absolute atomic E-state index is 11.2. The van der Waals surface area contributed by atoms with Gasteiger partial charge in [-0.3, -0.25) is 0 Å². The number of aliphatic hydroxyl groups excluding tert-OH is 10. The van der Waals surface area contributed by atoms with Gasteiger partial charge in [-0.1, -0.05) is 6.92 Å². The standard InChI is InChI=1S/C27H48O18/c1-5-6-38-24-19(36)21(13(30)9(3)39-24)44-27-23(17(34)12(29)8(2)41-27)45-26-20(37)22(14(31)10(4)40-26)43-25-18(35)16(33)15(32)11(7-28)42-25/h8-37H,5-7H2,1-4H3/t8?,9?,10?,11-,12+,13+,14+,15-,16?,17-,18?,19?,20?,21-,22-,23?,24-,25-,26+,27+/m1/s1. The van der Waals surface area contributed by atoms with Gasteiger partial charge in [-0.15, -0.1) is 0 Å². The highest BCUT2D eigenvalue weighted by molar-refractivity contribution is 4.96. The van der Waals surface area contributed by atoms with Gasteiger partial charge >= 0.3 is 0 Å². The Balaban J connectivity index is 1.53. The van der Waals surface area contributed by atoms with E-state index >= 15 is 0 Å². The van der Waals surface area contributed by atoms with Crippen LogP contribution in [-0.4, -0.2) is 187 Å². The zero-order valence-electron chi connectivity index (χ0n) is 25.4. The van der Waals surface area contributed by atoms with Crippen molar-refractivity contribution in [2.45, 2.75) is 157 Å². The van der Waals surface area contributed by atoms with Gasteiger partial charge in [0, 0.05) is 6.61 Å². The Hall–Kier alpha value is -0.720. The van der Waals surface area contributed by atoms with Crippen LogP contribution < -0.4 is 0 Å². The van der Waals surface area contributed by atoms with Gasteiger partial charge < -0.3 is 89.0 Å². The van der Waals surface area contributed by atoms with Crippen molar-refractivity contribution in [3.63, 3.8) is 0 Å². The van der Waals surface area contributed by atoms with Gasteiger partial charge in [-0.25, -0.2) is 0 Å². The molecule has 4 rings (SSSR count). The lowest BCUT2D eigenvalue weighted by Crippen LogP contribution is -2.67. The van der Waals surface area contributed by atoms with Gasteiger partial charge in [-0.05, 0) is 27.2 Å². The summed E-state index contributed by atoms with van der Waals surface area (Å²) in [7, 11) is 0. The molecule has 0 radical (unpaired) electrons. The Morgan fingerprint density at radius 3 is 1.51 bits per heavy atom. The molecular weight excluding hydrogens is 612 g/mol. The van der Waals surface area contributed by atoms with E-state index in [1.54, 1.807) is 6.92 Å². The molecule has 0 saturated carbocycles. The molecule has 4 saturated heterocycles. The van der Waals surface area contributed by atoms with Crippen LogP contribution in [-0.2, 0) is 37.9 Å². The topological polar surface area (TPSA) is 276 Å². The lowest BCUT2D eigenvalue weighted by molar-refractivity contribution is -0.393. The predicted molar refractivity (Wildman–Crippen MR) is 144 cm³/mol. The zero-order valence-corrected chi connectivity index (χ0v) is 25.4. The average Bonchev–Trinajstić information content (AvgIpc) is 3.01. The SMILES string of the molecule is CCCO[C@@H]1OC(C)[C@H](O)[C@@H](O[C@@H]2OC(C)[C@H](O)[C@@H](O)C2O[C@@H]2OC(C)[C@H](O)[C@@H](O[C@H]3O[C@H](CO)[C@@H](O)C(O)C3O)C2O)C1O. The fourth-order valence-corrected chi connectivity index (χ4v) is 5.70. The van der Waals surface area contributed by atoms with Gasteiger partial charge in [0.2, 0.25) is 0 Å². The van der Waals surface area contributed by atoms with E-state index in [9.17, 15) is 51.1 Å². The molecule has 0 aromatic rings. The van der Waals surface area contributed by atoms with Crippen molar-refractivity contribution < 1.29 is 89.0 Å². The zero-order chi connectivity index (χ0) is 33.3. The first-order valence-electron chi connectivity index (χ1n) is 15.1. The second kappa shape index (κ2) is 15.7. The maximum atomic E-state index is 11.2. The summed E-state index contributed by atoms with van der Waals surface area (Å²) in [5.41, 5.74) is 0. The third kappa shape index (κ3) is 7.79. The second-order valence-corrected chi connectivity index (χ2v) is 11.9. The van der Waals surface area contributed by atoms with Crippen LogP contribution >= 0.6 is 0 Å². The number of hydrogen-bond acceptors (Lipinski definition) is 18. The molecular formula is C27H48O18. The molecule has 0 aromatic carbocycles. The van der Waals surface area contributed by atoms with E-state index in [1.165, 1.54) is 13.8 Å². The molecule has 4 fully saturated rings. The molecule has 20 atom stereocenters. The molecule has 0 bridgehead atoms. The molecule has 0 spiro atoms. The molecule has 0 aromatic heterocycles. The largest absolute Gasteiger partial charge is 0.394 e. The minimum Gasteiger partial charge on any atom is -0.394 e. The van der Waals surface area contributed by atoms with E-state index < -0.39 is 129 Å². The number of rotatable bonds is 10. The van der Waals surface area contributed by atoms with Crippen molar-refractivity contribution in [2.24, 2.45) is 0 Å². The third-order valence-electron chi connectivity index (χ3n) is 8.56. The fourth-order valence-electron chi connectivity index (χ4n) is 5.70. The molecule has 18 nitrogen and oxygen atoms in total. The van der Waals surface area contributed by atoms with Crippen molar-refractivity contribution in [2.75, 3.05) is 13.2 Å². The molecule has 4 aliphatic rings. The molecule has 0 aliphatic carbocycles. The van der Waals surface area contributed by atoms with Crippen molar-refractivity contribution in [3.05, 3.63) is 0 Å². The highest BCUT2D eigenvalue weighted by Gasteiger charge is 2.54. The molecule has 10 N–H and O–H groups in total. The Morgan fingerprint density at radius 1 is 0.467 bits per heavy atom. The molecule has 4 aliphatic heterocycles. The van der Waals surface area contributed by atoms with E-state index in [4.69, 9.17) is 37.9 Å². The third-order valence-corrected chi connectivity index (χ3v) is 8.56. The summed E-state index contributed by atoms with van der Waals surface area (Å²) in [6, 6.07) is 0. The molecule has 0 amide bonds. The van der Waals surface area contributed by atoms with Gasteiger partial charge in [-0.2, -0.15) is 0 Å². The summed E-state index contributed by atoms with van der Waals surface area (Å²) in [6.45, 7) is 5.76. The Labute approximate surface area is 259 Å². The van der Waals surface area contributed by atoms with Gasteiger partial charge in [0.05, 0.1) is 24.9 Å². The minimum atomic E-state index is -1.86. The summed E-state index contributed by atoms with van der Waals surface area (Å²) >= 11 is 0. The van der Waals surface area contributed by atoms with Crippen molar-refractivity contribution in [1.82, 2.24) is 0 Å². The average molecular weight is 661 g/mol. The first-order chi connectivity index (χ1) is 21.2. The summed E-state index contributed by atoms with van der Waals surface area (Å²) in [5.74, 6) is 0. The van der Waals surface area contributed by atoms with Crippen LogP contribution in [0.15, 0.2) is 0 Å². The first kappa shape index (κ1) is 37.1. The van der Waals surface area contributed by atoms with Crippen molar-refractivity contribution in [3.8, 4) is 0 Å². The van der Waals surface area contributed by atoms with Crippen LogP contribution in [0.25, 0.3) is 0 Å². The van der Waals surface area contributed by atoms with Crippen LogP contribution in [0.2, 0.25) is 0 Å². The van der Waals surface area contributed by atoms with Gasteiger partial charge in [0.1, 0.15) is 79.4 Å². The van der Waals surface area contributed by atoms with Crippen LogP contribution in [0.4, 0.5) is 0 Å². The number of hydrogen-bond donors (Lipinski definition) is 10. The lowest BCUT2D eigenvalue weighted by Gasteiger charge is -2.49. The quantitative estimate of drug-likeness (QED) is 0.105. The van der Waals surface area contributed by atoms with Gasteiger partial charge in [0.15, 0.2) is 25.2 Å². The smallest absolute Gasteiger partial charge is 0.187 e. The summed E-state index contributed by atoms with van der Waals surface area (Å²) in [5, 5.41) is 105. The number of ether oxygens (including phenoxy) is 8. The van der Waals surface area contributed by atoms with E-state index in [0.717, 1.165) is 0 Å². The van der Waals surface area contributed by atoms with Crippen molar-refractivity contribution in [1.29, 1.82) is 0 Å². The maximum Gasteiger partial charge on any atom is 0.187 e. The second-order valence-electron chi connectivity index (χ2n) is 11.9. The van der Waals surface area contributed by atoms with Crippen molar-refractivity contribution >= 4 is 0 Å². The summed E-state index contributed by atoms with van der Waals surface area (Å²) in [6.07, 6.45) is -29.2. The monoisotopic (exact) mass is 660 g/mol. The molecule has 8 unspecified atom stereocenters. The van der Waals surface area contributed by atoms with Crippen LogP contribution in [0.3, 0.4) is 0 Å². The van der Waals surface area contributed by atoms with E-state index in [2.05, 4.69) is 0 Å². The minimum absolute atomic E-state index is 0.248. The Kier molecular flexibility index (Phi) is 12.9. The molecule has 4 heterocycles. The van der Waals surface area contributed by atoms with E-state index in [-0.39, 0.29) is 6.61 Å². The Bertz CT molecular complexity index is 915. The molecule has 264 valence electrons.